The lowest BCUT2D eigenvalue weighted by Gasteiger charge is -2.26. The number of amides is 1. The fraction of sp³-hybridized carbons (Fsp3) is 0.261. The lowest BCUT2D eigenvalue weighted by Crippen LogP contribution is -2.31. The number of hydrogen-bond acceptors (Lipinski definition) is 5. The quantitative estimate of drug-likeness (QED) is 0.680. The molecule has 0 radical (unpaired) electrons. The highest BCUT2D eigenvalue weighted by atomic mass is 16.5. The van der Waals surface area contributed by atoms with Crippen molar-refractivity contribution in [2.75, 3.05) is 0 Å². The van der Waals surface area contributed by atoms with Crippen LogP contribution in [0.15, 0.2) is 47.1 Å². The third kappa shape index (κ3) is 3.66. The fourth-order valence-corrected chi connectivity index (χ4v) is 3.79. The molecule has 2 heterocycles. The van der Waals surface area contributed by atoms with Gasteiger partial charge in [-0.3, -0.25) is 4.79 Å². The van der Waals surface area contributed by atoms with Gasteiger partial charge in [-0.15, -0.1) is 0 Å². The molecule has 1 aliphatic rings. The summed E-state index contributed by atoms with van der Waals surface area (Å²) >= 11 is 0. The molecule has 4 rings (SSSR count). The third-order valence-corrected chi connectivity index (χ3v) is 5.17. The van der Waals surface area contributed by atoms with Crippen molar-refractivity contribution in [1.82, 2.24) is 4.98 Å². The van der Waals surface area contributed by atoms with Crippen molar-refractivity contribution >= 4 is 34.4 Å². The predicted octanol–water partition coefficient (Wildman–Crippen LogP) is 3.98. The van der Waals surface area contributed by atoms with Crippen LogP contribution in [0.4, 0.5) is 0 Å². The van der Waals surface area contributed by atoms with E-state index >= 15 is 0 Å². The maximum atomic E-state index is 13.1. The summed E-state index contributed by atoms with van der Waals surface area (Å²) in [5.74, 6) is -0.191. The summed E-state index contributed by atoms with van der Waals surface area (Å²) in [4.78, 5) is 29.4. The van der Waals surface area contributed by atoms with E-state index in [2.05, 4.69) is 6.92 Å². The molecule has 2 atom stereocenters. The first kappa shape index (κ1) is 18.9. The van der Waals surface area contributed by atoms with E-state index in [1.807, 2.05) is 42.5 Å². The van der Waals surface area contributed by atoms with Crippen molar-refractivity contribution in [2.45, 2.75) is 32.8 Å². The van der Waals surface area contributed by atoms with Gasteiger partial charge < -0.3 is 14.9 Å². The summed E-state index contributed by atoms with van der Waals surface area (Å²) < 4.78 is 10.9. The molecule has 6 nitrogen and oxygen atoms in total. The number of pyridine rings is 1. The molecule has 148 valence electrons. The number of rotatable bonds is 4. The monoisotopic (exact) mass is 390 g/mol. The van der Waals surface area contributed by atoms with E-state index in [1.165, 1.54) is 6.92 Å². The van der Waals surface area contributed by atoms with Gasteiger partial charge in [0, 0.05) is 5.39 Å². The van der Waals surface area contributed by atoms with Crippen molar-refractivity contribution in [3.8, 4) is 0 Å². The second-order valence-electron chi connectivity index (χ2n) is 7.48. The zero-order chi connectivity index (χ0) is 20.5. The standard InChI is InChI=1S/C23H22N2O4/c1-13-10-15(12-16-6-5-9-28-16)21-18(11-13)20(23(27)29-14(2)22(24)26)17-7-3-4-8-19(17)25-21/h3-9,12-14H,10-11H2,1-2H3,(H2,24,26)/t13-,14+/m0/s1. The summed E-state index contributed by atoms with van der Waals surface area (Å²) in [5, 5.41) is 0.708. The lowest BCUT2D eigenvalue weighted by molar-refractivity contribution is -0.125. The number of ether oxygens (including phenoxy) is 1. The van der Waals surface area contributed by atoms with Gasteiger partial charge in [-0.25, -0.2) is 9.78 Å². The highest BCUT2D eigenvalue weighted by Crippen LogP contribution is 2.38. The number of esters is 1. The molecule has 1 aromatic carbocycles. The third-order valence-electron chi connectivity index (χ3n) is 5.17. The maximum absolute atomic E-state index is 13.1. The number of fused-ring (bicyclic) bond motifs is 2. The summed E-state index contributed by atoms with van der Waals surface area (Å²) in [6.07, 6.45) is 4.10. The number of primary amides is 1. The molecule has 29 heavy (non-hydrogen) atoms. The molecule has 1 amide bonds. The van der Waals surface area contributed by atoms with Gasteiger partial charge in [0.1, 0.15) is 5.76 Å². The topological polar surface area (TPSA) is 95.4 Å². The molecule has 0 saturated carbocycles. The van der Waals surface area contributed by atoms with E-state index in [4.69, 9.17) is 19.9 Å². The normalized spacial score (nSPS) is 18.4. The molecular formula is C23H22N2O4. The second-order valence-corrected chi connectivity index (χ2v) is 7.48. The number of benzene rings is 1. The van der Waals surface area contributed by atoms with Crippen LogP contribution in [0.5, 0.6) is 0 Å². The van der Waals surface area contributed by atoms with Gasteiger partial charge in [0.25, 0.3) is 5.91 Å². The molecule has 6 heteroatoms. The number of para-hydroxylation sites is 1. The Kier molecular flexibility index (Phi) is 4.92. The van der Waals surface area contributed by atoms with Crippen LogP contribution in [0.3, 0.4) is 0 Å². The summed E-state index contributed by atoms with van der Waals surface area (Å²) in [6, 6.07) is 11.2. The first-order valence-corrected chi connectivity index (χ1v) is 9.60. The van der Waals surface area contributed by atoms with E-state index in [0.717, 1.165) is 29.0 Å². The molecular weight excluding hydrogens is 368 g/mol. The summed E-state index contributed by atoms with van der Waals surface area (Å²) in [5.41, 5.74) is 9.06. The molecule has 2 N–H and O–H groups in total. The van der Waals surface area contributed by atoms with Crippen LogP contribution >= 0.6 is 0 Å². The Balaban J connectivity index is 1.92. The molecule has 0 saturated heterocycles. The number of allylic oxidation sites excluding steroid dienone is 1. The number of aromatic nitrogens is 1. The number of carbonyl (C=O) groups excluding carboxylic acids is 2. The zero-order valence-electron chi connectivity index (χ0n) is 16.3. The maximum Gasteiger partial charge on any atom is 0.339 e. The van der Waals surface area contributed by atoms with E-state index in [0.29, 0.717) is 28.8 Å². The number of nitrogens with zero attached hydrogens (tertiary/aromatic N) is 1. The lowest BCUT2D eigenvalue weighted by atomic mass is 9.81. The number of hydrogen-bond donors (Lipinski definition) is 1. The molecule has 2 aromatic heterocycles. The second kappa shape index (κ2) is 7.54. The van der Waals surface area contributed by atoms with Crippen LogP contribution in [0.2, 0.25) is 0 Å². The zero-order valence-corrected chi connectivity index (χ0v) is 16.3. The molecule has 0 fully saturated rings. The largest absolute Gasteiger partial charge is 0.465 e. The SMILES string of the molecule is C[C@H]1CC(=Cc2ccco2)c2nc3ccccc3c(C(=O)O[C@H](C)C(N)=O)c2C1. The van der Waals surface area contributed by atoms with Crippen molar-refractivity contribution in [3.63, 3.8) is 0 Å². The average molecular weight is 390 g/mol. The first-order valence-electron chi connectivity index (χ1n) is 9.60. The van der Waals surface area contributed by atoms with Crippen molar-refractivity contribution < 1.29 is 18.7 Å². The van der Waals surface area contributed by atoms with Gasteiger partial charge in [-0.05, 0) is 61.1 Å². The van der Waals surface area contributed by atoms with Gasteiger partial charge in [0.2, 0.25) is 0 Å². The van der Waals surface area contributed by atoms with E-state index in [-0.39, 0.29) is 0 Å². The van der Waals surface area contributed by atoms with Crippen molar-refractivity contribution in [2.24, 2.45) is 11.7 Å². The molecule has 0 aliphatic heterocycles. The Labute approximate surface area is 168 Å². The average Bonchev–Trinajstić information content (AvgIpc) is 3.19. The molecule has 1 aliphatic carbocycles. The number of furan rings is 1. The van der Waals surface area contributed by atoms with Crippen molar-refractivity contribution in [3.05, 3.63) is 65.2 Å². The Morgan fingerprint density at radius 3 is 2.76 bits per heavy atom. The minimum atomic E-state index is -1.01. The fourth-order valence-electron chi connectivity index (χ4n) is 3.79. The van der Waals surface area contributed by atoms with Gasteiger partial charge >= 0.3 is 5.97 Å². The van der Waals surface area contributed by atoms with Gasteiger partial charge in [-0.1, -0.05) is 25.1 Å². The van der Waals surface area contributed by atoms with Crippen LogP contribution in [0.25, 0.3) is 22.6 Å². The van der Waals surface area contributed by atoms with Crippen molar-refractivity contribution in [1.29, 1.82) is 0 Å². The predicted molar refractivity (Wildman–Crippen MR) is 110 cm³/mol. The van der Waals surface area contributed by atoms with Crippen LogP contribution in [-0.4, -0.2) is 23.0 Å². The van der Waals surface area contributed by atoms with Crippen LogP contribution in [0.1, 0.15) is 47.6 Å². The Bertz CT molecular complexity index is 1120. The van der Waals surface area contributed by atoms with E-state index in [1.54, 1.807) is 6.26 Å². The molecule has 0 spiro atoms. The van der Waals surface area contributed by atoms with Gasteiger partial charge in [0.15, 0.2) is 6.10 Å². The van der Waals surface area contributed by atoms with E-state index in [9.17, 15) is 9.59 Å². The summed E-state index contributed by atoms with van der Waals surface area (Å²) in [7, 11) is 0. The number of carbonyl (C=O) groups is 2. The molecule has 3 aromatic rings. The minimum Gasteiger partial charge on any atom is -0.465 e. The van der Waals surface area contributed by atoms with Gasteiger partial charge in [0.05, 0.1) is 23.0 Å². The molecule has 0 unspecified atom stereocenters. The smallest absolute Gasteiger partial charge is 0.339 e. The van der Waals surface area contributed by atoms with Crippen LogP contribution in [0, 0.1) is 5.92 Å². The highest BCUT2D eigenvalue weighted by molar-refractivity contribution is 6.07. The van der Waals surface area contributed by atoms with Crippen LogP contribution < -0.4 is 5.73 Å². The Hall–Kier alpha value is -3.41. The summed E-state index contributed by atoms with van der Waals surface area (Å²) in [6.45, 7) is 3.61. The first-order chi connectivity index (χ1) is 13.9. The van der Waals surface area contributed by atoms with Crippen LogP contribution in [-0.2, 0) is 16.0 Å². The molecule has 0 bridgehead atoms. The highest BCUT2D eigenvalue weighted by Gasteiger charge is 2.30. The van der Waals surface area contributed by atoms with Gasteiger partial charge in [-0.2, -0.15) is 0 Å². The number of nitrogens with two attached hydrogens (primary N) is 1. The van der Waals surface area contributed by atoms with E-state index < -0.39 is 18.0 Å². The minimum absolute atomic E-state index is 0.312. The Morgan fingerprint density at radius 2 is 2.03 bits per heavy atom. The Morgan fingerprint density at radius 1 is 1.24 bits per heavy atom.